The van der Waals surface area contributed by atoms with Crippen LogP contribution in [0.25, 0.3) is 11.3 Å². The molecule has 1 heterocycles. The van der Waals surface area contributed by atoms with Gasteiger partial charge in [-0.15, -0.1) is 0 Å². The summed E-state index contributed by atoms with van der Waals surface area (Å²) in [5, 5.41) is 15.1. The van der Waals surface area contributed by atoms with E-state index in [0.717, 1.165) is 0 Å². The van der Waals surface area contributed by atoms with Gasteiger partial charge >= 0.3 is 5.69 Å². The third-order valence-corrected chi connectivity index (χ3v) is 3.51. The highest BCUT2D eigenvalue weighted by atomic mass is 32.1. The van der Waals surface area contributed by atoms with Gasteiger partial charge in [0.25, 0.3) is 5.56 Å². The van der Waals surface area contributed by atoms with Crippen molar-refractivity contribution in [1.82, 2.24) is 14.3 Å². The van der Waals surface area contributed by atoms with Crippen molar-refractivity contribution in [2.45, 2.75) is 0 Å². The van der Waals surface area contributed by atoms with E-state index in [0.29, 0.717) is 5.56 Å². The van der Waals surface area contributed by atoms with Crippen molar-refractivity contribution in [3.05, 3.63) is 43.4 Å². The molecule has 1 aromatic carbocycles. The third kappa shape index (κ3) is 2.55. The second-order valence-corrected chi connectivity index (χ2v) is 4.63. The summed E-state index contributed by atoms with van der Waals surface area (Å²) in [7, 11) is 4.46. The van der Waals surface area contributed by atoms with Gasteiger partial charge in [0.05, 0.1) is 12.0 Å². The van der Waals surface area contributed by atoms with Gasteiger partial charge in [0.2, 0.25) is 0 Å². The van der Waals surface area contributed by atoms with Crippen LogP contribution in [0, 0.1) is 14.9 Å². The summed E-state index contributed by atoms with van der Waals surface area (Å²) in [5.74, 6) is 0.116. The highest BCUT2D eigenvalue weighted by Crippen LogP contribution is 2.30. The van der Waals surface area contributed by atoms with Gasteiger partial charge < -0.3 is 4.74 Å². The van der Waals surface area contributed by atoms with E-state index in [2.05, 4.69) is 5.10 Å². The fourth-order valence-electron chi connectivity index (χ4n) is 1.86. The van der Waals surface area contributed by atoms with Crippen molar-refractivity contribution in [2.75, 3.05) is 7.11 Å². The van der Waals surface area contributed by atoms with Crippen LogP contribution in [-0.2, 0) is 14.1 Å². The lowest BCUT2D eigenvalue weighted by molar-refractivity contribution is -0.385. The fraction of sp³-hybridized carbons (Fsp3) is 0.250. The third-order valence-electron chi connectivity index (χ3n) is 2.97. The minimum Gasteiger partial charge on any atom is -0.490 e. The SMILES string of the molecule is COc1ccc(-c2nn(C)c(=S)n(C)c2=O)cc1[N+](=O)[O-]. The van der Waals surface area contributed by atoms with Gasteiger partial charge in [0.1, 0.15) is 0 Å². The molecule has 0 spiro atoms. The number of nitrogens with zero attached hydrogens (tertiary/aromatic N) is 4. The molecule has 0 saturated carbocycles. The molecule has 2 aromatic rings. The molecule has 0 fully saturated rings. The van der Waals surface area contributed by atoms with Crippen LogP contribution in [0.3, 0.4) is 0 Å². The molecule has 0 amide bonds. The minimum atomic E-state index is -0.575. The van der Waals surface area contributed by atoms with Crippen molar-refractivity contribution in [3.63, 3.8) is 0 Å². The van der Waals surface area contributed by atoms with E-state index in [1.54, 1.807) is 13.1 Å². The van der Waals surface area contributed by atoms with Gasteiger partial charge in [-0.3, -0.25) is 19.5 Å². The van der Waals surface area contributed by atoms with Crippen LogP contribution >= 0.6 is 12.2 Å². The maximum absolute atomic E-state index is 12.2. The molecule has 0 aliphatic rings. The highest BCUT2D eigenvalue weighted by Gasteiger charge is 2.18. The van der Waals surface area contributed by atoms with Crippen LogP contribution in [-0.4, -0.2) is 26.4 Å². The van der Waals surface area contributed by atoms with Gasteiger partial charge in [0.15, 0.2) is 16.2 Å². The predicted octanol–water partition coefficient (Wildman–Crippen LogP) is 1.43. The van der Waals surface area contributed by atoms with Crippen LogP contribution < -0.4 is 10.3 Å². The molecule has 0 unspecified atom stereocenters. The molecule has 0 aliphatic carbocycles. The Balaban J connectivity index is 2.74. The average Bonchev–Trinajstić information content (AvgIpc) is 2.48. The van der Waals surface area contributed by atoms with E-state index < -0.39 is 10.5 Å². The Bertz CT molecular complexity index is 840. The summed E-state index contributed by atoms with van der Waals surface area (Å²) in [6, 6.07) is 4.22. The van der Waals surface area contributed by atoms with Crippen molar-refractivity contribution in [3.8, 4) is 17.0 Å². The number of benzene rings is 1. The van der Waals surface area contributed by atoms with Gasteiger partial charge in [-0.25, -0.2) is 4.68 Å². The summed E-state index contributed by atoms with van der Waals surface area (Å²) >= 11 is 5.03. The number of aryl methyl sites for hydroxylation is 1. The Morgan fingerprint density at radius 2 is 2.05 bits per heavy atom. The fourth-order valence-corrected chi connectivity index (χ4v) is 1.98. The number of aromatic nitrogens is 3. The maximum atomic E-state index is 12.2. The first-order chi connectivity index (χ1) is 9.86. The number of methoxy groups -OCH3 is 1. The summed E-state index contributed by atoms with van der Waals surface area (Å²) in [4.78, 5) is 22.7. The number of nitro benzene ring substituents is 1. The number of nitro groups is 1. The van der Waals surface area contributed by atoms with Gasteiger partial charge in [-0.05, 0) is 24.4 Å². The summed E-state index contributed by atoms with van der Waals surface area (Å²) in [6.07, 6.45) is 0. The molecule has 0 atom stereocenters. The molecule has 0 N–H and O–H groups in total. The monoisotopic (exact) mass is 308 g/mol. The number of ether oxygens (including phenoxy) is 1. The zero-order valence-corrected chi connectivity index (χ0v) is 12.4. The Morgan fingerprint density at radius 3 is 2.62 bits per heavy atom. The summed E-state index contributed by atoms with van der Waals surface area (Å²) < 4.78 is 7.80. The molecule has 0 bridgehead atoms. The van der Waals surface area contributed by atoms with Crippen molar-refractivity contribution >= 4 is 17.9 Å². The Morgan fingerprint density at radius 1 is 1.38 bits per heavy atom. The Hall–Kier alpha value is -2.55. The second kappa shape index (κ2) is 5.44. The quantitative estimate of drug-likeness (QED) is 0.484. The zero-order chi connectivity index (χ0) is 15.7. The molecule has 1 aromatic heterocycles. The second-order valence-electron chi connectivity index (χ2n) is 4.26. The molecule has 2 rings (SSSR count). The van der Waals surface area contributed by atoms with Gasteiger partial charge in [0, 0.05) is 25.7 Å². The van der Waals surface area contributed by atoms with Crippen LogP contribution in [0.15, 0.2) is 23.0 Å². The number of rotatable bonds is 3. The maximum Gasteiger partial charge on any atom is 0.311 e. The normalized spacial score (nSPS) is 10.4. The molecule has 110 valence electrons. The van der Waals surface area contributed by atoms with Crippen LogP contribution in [0.2, 0.25) is 0 Å². The van der Waals surface area contributed by atoms with E-state index in [1.807, 2.05) is 0 Å². The van der Waals surface area contributed by atoms with Crippen LogP contribution in [0.5, 0.6) is 5.75 Å². The summed E-state index contributed by atoms with van der Waals surface area (Å²) in [5.41, 5.74) is -0.241. The lowest BCUT2D eigenvalue weighted by atomic mass is 10.1. The molecular formula is C12H12N4O4S. The Labute approximate surface area is 124 Å². The van der Waals surface area contributed by atoms with Crippen LogP contribution in [0.1, 0.15) is 0 Å². The van der Waals surface area contributed by atoms with Gasteiger partial charge in [-0.2, -0.15) is 5.10 Å². The molecule has 9 heteroatoms. The van der Waals surface area contributed by atoms with E-state index in [4.69, 9.17) is 17.0 Å². The molecule has 0 saturated heterocycles. The first-order valence-corrected chi connectivity index (χ1v) is 6.24. The lowest BCUT2D eigenvalue weighted by Crippen LogP contribution is -2.25. The topological polar surface area (TPSA) is 92.2 Å². The summed E-state index contributed by atoms with van der Waals surface area (Å²) in [6.45, 7) is 0. The zero-order valence-electron chi connectivity index (χ0n) is 11.6. The van der Waals surface area contributed by atoms with E-state index in [1.165, 1.54) is 35.5 Å². The van der Waals surface area contributed by atoms with Crippen molar-refractivity contribution in [2.24, 2.45) is 14.1 Å². The van der Waals surface area contributed by atoms with E-state index in [9.17, 15) is 14.9 Å². The predicted molar refractivity (Wildman–Crippen MR) is 77.9 cm³/mol. The molecule has 0 radical (unpaired) electrons. The molecule has 21 heavy (non-hydrogen) atoms. The lowest BCUT2D eigenvalue weighted by Gasteiger charge is -2.08. The Kier molecular flexibility index (Phi) is 3.85. The van der Waals surface area contributed by atoms with Crippen molar-refractivity contribution in [1.29, 1.82) is 0 Å². The standard InChI is InChI=1S/C12H12N4O4S/c1-14-11(17)10(13-15(2)12(14)21)7-4-5-9(20-3)8(6-7)16(18)19/h4-6H,1-3H3. The number of hydrogen-bond acceptors (Lipinski definition) is 6. The van der Waals surface area contributed by atoms with E-state index in [-0.39, 0.29) is 21.9 Å². The highest BCUT2D eigenvalue weighted by molar-refractivity contribution is 7.71. The molecule has 0 aliphatic heterocycles. The smallest absolute Gasteiger partial charge is 0.311 e. The first kappa shape index (κ1) is 14.9. The largest absolute Gasteiger partial charge is 0.490 e. The molecule has 8 nitrogen and oxygen atoms in total. The average molecular weight is 308 g/mol. The number of hydrogen-bond donors (Lipinski definition) is 0. The molecular weight excluding hydrogens is 296 g/mol. The van der Waals surface area contributed by atoms with Crippen LogP contribution in [0.4, 0.5) is 5.69 Å². The van der Waals surface area contributed by atoms with E-state index >= 15 is 0 Å². The minimum absolute atomic E-state index is 0.0827. The first-order valence-electron chi connectivity index (χ1n) is 5.84. The van der Waals surface area contributed by atoms with Crippen molar-refractivity contribution < 1.29 is 9.66 Å². The van der Waals surface area contributed by atoms with Gasteiger partial charge in [-0.1, -0.05) is 0 Å².